The Bertz CT molecular complexity index is 238. The number of carboxylic acids is 1. The van der Waals surface area contributed by atoms with E-state index in [0.29, 0.717) is 0 Å². The van der Waals surface area contributed by atoms with E-state index in [1.807, 2.05) is 0 Å². The van der Waals surface area contributed by atoms with Gasteiger partial charge in [0.2, 0.25) is 5.91 Å². The highest BCUT2D eigenvalue weighted by atomic mass is 16.4. The second-order valence-electron chi connectivity index (χ2n) is 4.13. The molecule has 2 aliphatic carbocycles. The van der Waals surface area contributed by atoms with Crippen LogP contribution in [0.3, 0.4) is 0 Å². The molecule has 4 heteroatoms. The third kappa shape index (κ3) is 1.12. The van der Waals surface area contributed by atoms with Crippen molar-refractivity contribution in [2.75, 3.05) is 0 Å². The van der Waals surface area contributed by atoms with Gasteiger partial charge in [0, 0.05) is 0 Å². The third-order valence-corrected chi connectivity index (χ3v) is 3.53. The van der Waals surface area contributed by atoms with Gasteiger partial charge in [-0.2, -0.15) is 0 Å². The summed E-state index contributed by atoms with van der Waals surface area (Å²) in [5, 5.41) is 8.95. The van der Waals surface area contributed by atoms with E-state index >= 15 is 0 Å². The molecule has 0 aliphatic heterocycles. The van der Waals surface area contributed by atoms with Crippen molar-refractivity contribution < 1.29 is 14.7 Å². The molecule has 0 saturated heterocycles. The highest BCUT2D eigenvalue weighted by molar-refractivity contribution is 5.85. The van der Waals surface area contributed by atoms with Gasteiger partial charge >= 0.3 is 5.97 Å². The summed E-state index contributed by atoms with van der Waals surface area (Å²) < 4.78 is 0. The second kappa shape index (κ2) is 2.72. The van der Waals surface area contributed by atoms with Crippen molar-refractivity contribution in [3.8, 4) is 0 Å². The molecule has 1 amide bonds. The predicted octanol–water partition coefficient (Wildman–Crippen LogP) is 0.219. The number of primary amides is 1. The van der Waals surface area contributed by atoms with Crippen molar-refractivity contribution in [2.24, 2.45) is 29.4 Å². The molecule has 3 N–H and O–H groups in total. The molecular weight excluding hydrogens is 170 g/mol. The summed E-state index contributed by atoms with van der Waals surface area (Å²) in [6, 6.07) is 0. The van der Waals surface area contributed by atoms with Crippen LogP contribution in [0.25, 0.3) is 0 Å². The van der Waals surface area contributed by atoms with Crippen molar-refractivity contribution in [1.29, 1.82) is 0 Å². The molecule has 0 radical (unpaired) electrons. The van der Waals surface area contributed by atoms with Crippen LogP contribution in [0.5, 0.6) is 0 Å². The zero-order valence-electron chi connectivity index (χ0n) is 7.27. The first-order valence-corrected chi connectivity index (χ1v) is 4.63. The number of hydrogen-bond donors (Lipinski definition) is 2. The quantitative estimate of drug-likeness (QED) is 0.642. The minimum atomic E-state index is -0.851. The van der Waals surface area contributed by atoms with Crippen LogP contribution in [0.4, 0.5) is 0 Å². The summed E-state index contributed by atoms with van der Waals surface area (Å²) >= 11 is 0. The van der Waals surface area contributed by atoms with Gasteiger partial charge in [-0.15, -0.1) is 0 Å². The average Bonchev–Trinajstić information content (AvgIpc) is 2.60. The largest absolute Gasteiger partial charge is 0.481 e. The maximum absolute atomic E-state index is 11.1. The minimum absolute atomic E-state index is 0.194. The number of rotatable bonds is 2. The van der Waals surface area contributed by atoms with Crippen LogP contribution in [0, 0.1) is 23.7 Å². The van der Waals surface area contributed by atoms with Crippen molar-refractivity contribution in [1.82, 2.24) is 0 Å². The van der Waals surface area contributed by atoms with Crippen molar-refractivity contribution in [3.05, 3.63) is 0 Å². The lowest BCUT2D eigenvalue weighted by Gasteiger charge is -2.24. The standard InChI is InChI=1S/C9H13NO3/c10-8(11)6-4-1-2-5(3-4)7(6)9(12)13/h4-7H,1-3H2,(H2,10,11)(H,12,13)/t4-,5+,6+,7-/m0/s1. The first-order valence-electron chi connectivity index (χ1n) is 4.63. The molecule has 0 unspecified atom stereocenters. The Balaban J connectivity index is 2.24. The number of aliphatic carboxylic acids is 1. The first-order chi connectivity index (χ1) is 6.11. The van der Waals surface area contributed by atoms with E-state index < -0.39 is 23.7 Å². The molecule has 0 aromatic carbocycles. The van der Waals surface area contributed by atoms with Gasteiger partial charge in [0.05, 0.1) is 11.8 Å². The fourth-order valence-electron chi connectivity index (χ4n) is 3.06. The number of hydrogen-bond acceptors (Lipinski definition) is 2. The molecule has 13 heavy (non-hydrogen) atoms. The average molecular weight is 183 g/mol. The topological polar surface area (TPSA) is 80.4 Å². The van der Waals surface area contributed by atoms with E-state index in [-0.39, 0.29) is 11.8 Å². The van der Waals surface area contributed by atoms with E-state index in [1.54, 1.807) is 0 Å². The first kappa shape index (κ1) is 8.53. The van der Waals surface area contributed by atoms with Gasteiger partial charge in [-0.25, -0.2) is 0 Å². The van der Waals surface area contributed by atoms with Crippen LogP contribution in [-0.4, -0.2) is 17.0 Å². The van der Waals surface area contributed by atoms with Gasteiger partial charge in [0.25, 0.3) is 0 Å². The van der Waals surface area contributed by atoms with Gasteiger partial charge in [-0.1, -0.05) is 0 Å². The summed E-state index contributed by atoms with van der Waals surface area (Å²) in [6.45, 7) is 0. The molecule has 2 saturated carbocycles. The molecular formula is C9H13NO3. The van der Waals surface area contributed by atoms with Gasteiger partial charge in [0.15, 0.2) is 0 Å². The van der Waals surface area contributed by atoms with E-state index in [2.05, 4.69) is 0 Å². The number of amides is 1. The summed E-state index contributed by atoms with van der Waals surface area (Å²) in [5.41, 5.74) is 5.21. The monoisotopic (exact) mass is 183 g/mol. The number of carbonyl (C=O) groups is 2. The molecule has 2 aliphatic rings. The minimum Gasteiger partial charge on any atom is -0.481 e. The Morgan fingerprint density at radius 3 is 2.08 bits per heavy atom. The van der Waals surface area contributed by atoms with Gasteiger partial charge in [0.1, 0.15) is 0 Å². The third-order valence-electron chi connectivity index (χ3n) is 3.53. The Labute approximate surface area is 76.1 Å². The van der Waals surface area contributed by atoms with E-state index in [1.165, 1.54) is 0 Å². The Morgan fingerprint density at radius 1 is 1.15 bits per heavy atom. The van der Waals surface area contributed by atoms with Crippen molar-refractivity contribution >= 4 is 11.9 Å². The van der Waals surface area contributed by atoms with Crippen LogP contribution in [0.1, 0.15) is 19.3 Å². The second-order valence-corrected chi connectivity index (χ2v) is 4.13. The Morgan fingerprint density at radius 2 is 1.69 bits per heavy atom. The van der Waals surface area contributed by atoms with Gasteiger partial charge in [-0.05, 0) is 31.1 Å². The lowest BCUT2D eigenvalue weighted by atomic mass is 9.79. The summed E-state index contributed by atoms with van der Waals surface area (Å²) in [6.07, 6.45) is 2.80. The fourth-order valence-corrected chi connectivity index (χ4v) is 3.06. The molecule has 4 atom stereocenters. The molecule has 0 spiro atoms. The van der Waals surface area contributed by atoms with Crippen LogP contribution >= 0.6 is 0 Å². The van der Waals surface area contributed by atoms with Gasteiger partial charge in [-0.3, -0.25) is 9.59 Å². The molecule has 2 fully saturated rings. The summed E-state index contributed by atoms with van der Waals surface area (Å²) in [4.78, 5) is 22.0. The number of nitrogens with two attached hydrogens (primary N) is 1. The SMILES string of the molecule is NC(=O)[C@@H]1[C@H]2CC[C@H](C2)[C@@H]1C(=O)O. The Hall–Kier alpha value is -1.06. The predicted molar refractivity (Wildman–Crippen MR) is 44.6 cm³/mol. The lowest BCUT2D eigenvalue weighted by Crippen LogP contribution is -2.38. The summed E-state index contributed by atoms with van der Waals surface area (Å²) in [5.74, 6) is -1.76. The van der Waals surface area contributed by atoms with Crippen LogP contribution in [0.2, 0.25) is 0 Å². The van der Waals surface area contributed by atoms with Crippen molar-refractivity contribution in [3.63, 3.8) is 0 Å². The normalized spacial score (nSPS) is 42.2. The van der Waals surface area contributed by atoms with Crippen molar-refractivity contribution in [2.45, 2.75) is 19.3 Å². The van der Waals surface area contributed by atoms with E-state index in [9.17, 15) is 9.59 Å². The molecule has 0 aromatic heterocycles. The molecule has 0 heterocycles. The molecule has 72 valence electrons. The highest BCUT2D eigenvalue weighted by Gasteiger charge is 2.53. The molecule has 2 bridgehead atoms. The molecule has 2 rings (SSSR count). The highest BCUT2D eigenvalue weighted by Crippen LogP contribution is 2.52. The Kier molecular flexibility index (Phi) is 1.78. The lowest BCUT2D eigenvalue weighted by molar-refractivity contribution is -0.148. The van der Waals surface area contributed by atoms with Gasteiger partial charge < -0.3 is 10.8 Å². The zero-order valence-corrected chi connectivity index (χ0v) is 7.27. The van der Waals surface area contributed by atoms with Crippen LogP contribution < -0.4 is 5.73 Å². The van der Waals surface area contributed by atoms with Crippen LogP contribution in [-0.2, 0) is 9.59 Å². The number of fused-ring (bicyclic) bond motifs is 2. The fraction of sp³-hybridized carbons (Fsp3) is 0.778. The number of carbonyl (C=O) groups excluding carboxylic acids is 1. The van der Waals surface area contributed by atoms with E-state index in [4.69, 9.17) is 10.8 Å². The smallest absolute Gasteiger partial charge is 0.307 e. The van der Waals surface area contributed by atoms with Crippen LogP contribution in [0.15, 0.2) is 0 Å². The maximum atomic E-state index is 11.1. The summed E-state index contributed by atoms with van der Waals surface area (Å²) in [7, 11) is 0. The zero-order chi connectivity index (χ0) is 9.59. The molecule has 0 aromatic rings. The number of carboxylic acid groups (broad SMARTS) is 1. The van der Waals surface area contributed by atoms with E-state index in [0.717, 1.165) is 19.3 Å². The maximum Gasteiger partial charge on any atom is 0.307 e. The molecule has 4 nitrogen and oxygen atoms in total.